The number of nitrogens with one attached hydrogen (secondary N) is 1. The second-order valence-electron chi connectivity index (χ2n) is 6.99. The molecule has 2 aromatic rings. The van der Waals surface area contributed by atoms with Gasteiger partial charge >= 0.3 is 5.97 Å². The average molecular weight is 376 g/mol. The van der Waals surface area contributed by atoms with Crippen LogP contribution >= 0.6 is 0 Å². The van der Waals surface area contributed by atoms with Crippen molar-refractivity contribution in [2.24, 2.45) is 5.92 Å². The quantitative estimate of drug-likeness (QED) is 0.592. The Balaban J connectivity index is 1.55. The van der Waals surface area contributed by atoms with Gasteiger partial charge in [-0.3, -0.25) is 9.59 Å². The van der Waals surface area contributed by atoms with Crippen LogP contribution in [0.25, 0.3) is 0 Å². The van der Waals surface area contributed by atoms with Crippen molar-refractivity contribution in [2.75, 3.05) is 6.61 Å². The Morgan fingerprint density at radius 1 is 1.04 bits per heavy atom. The Labute approximate surface area is 163 Å². The zero-order valence-electron chi connectivity index (χ0n) is 15.5. The molecule has 1 N–H and O–H groups in total. The number of hydrogen-bond acceptors (Lipinski definition) is 5. The van der Waals surface area contributed by atoms with E-state index >= 15 is 0 Å². The number of carbonyl (C=O) groups is 3. The highest BCUT2D eigenvalue weighted by atomic mass is 16.5. The zero-order valence-corrected chi connectivity index (χ0v) is 15.5. The topological polar surface area (TPSA) is 96.3 Å². The maximum absolute atomic E-state index is 12.4. The highest BCUT2D eigenvalue weighted by Crippen LogP contribution is 2.39. The standard InChI is InChI=1S/C22H20N2O4/c1-22(14-23,18-11-12-18)24-19(25)13-28-21(27)17-9-7-16(8-10-17)20(26)15-5-3-2-4-6-15/h2-10,18H,11-13H2,1H3,(H,24,25)/t22-/m1/s1. The van der Waals surface area contributed by atoms with Crippen molar-refractivity contribution in [3.63, 3.8) is 0 Å². The predicted octanol–water partition coefficient (Wildman–Crippen LogP) is 2.88. The zero-order chi connectivity index (χ0) is 20.1. The fraction of sp³-hybridized carbons (Fsp3) is 0.273. The molecule has 1 aliphatic carbocycles. The Kier molecular flexibility index (Phi) is 5.55. The van der Waals surface area contributed by atoms with Crippen LogP contribution in [0.3, 0.4) is 0 Å². The molecule has 1 atom stereocenters. The average Bonchev–Trinajstić information content (AvgIpc) is 3.58. The van der Waals surface area contributed by atoms with Crippen molar-refractivity contribution in [2.45, 2.75) is 25.3 Å². The van der Waals surface area contributed by atoms with Crippen molar-refractivity contribution < 1.29 is 19.1 Å². The van der Waals surface area contributed by atoms with Crippen LogP contribution in [0.4, 0.5) is 0 Å². The summed E-state index contributed by atoms with van der Waals surface area (Å²) in [4.78, 5) is 36.5. The van der Waals surface area contributed by atoms with Crippen LogP contribution in [0, 0.1) is 17.2 Å². The summed E-state index contributed by atoms with van der Waals surface area (Å²) in [6.07, 6.45) is 1.80. The summed E-state index contributed by atoms with van der Waals surface area (Å²) in [5.74, 6) is -1.18. The monoisotopic (exact) mass is 376 g/mol. The Bertz CT molecular complexity index is 927. The van der Waals surface area contributed by atoms with Gasteiger partial charge in [0.2, 0.25) is 0 Å². The number of nitrogens with zero attached hydrogens (tertiary/aromatic N) is 1. The summed E-state index contributed by atoms with van der Waals surface area (Å²) in [7, 11) is 0. The first kappa shape index (κ1) is 19.3. The second kappa shape index (κ2) is 8.05. The first-order valence-electron chi connectivity index (χ1n) is 9.02. The lowest BCUT2D eigenvalue weighted by atomic mass is 9.98. The van der Waals surface area contributed by atoms with Crippen LogP contribution in [0.5, 0.6) is 0 Å². The molecule has 1 amide bonds. The normalized spacial score (nSPS) is 15.0. The third-order valence-electron chi connectivity index (χ3n) is 4.78. The molecule has 0 unspecified atom stereocenters. The van der Waals surface area contributed by atoms with Crippen LogP contribution in [0.2, 0.25) is 0 Å². The molecule has 1 fully saturated rings. The van der Waals surface area contributed by atoms with Gasteiger partial charge in [-0.15, -0.1) is 0 Å². The van der Waals surface area contributed by atoms with E-state index in [0.717, 1.165) is 12.8 Å². The molecule has 0 saturated heterocycles. The van der Waals surface area contributed by atoms with Gasteiger partial charge in [0.15, 0.2) is 12.4 Å². The Morgan fingerprint density at radius 2 is 1.61 bits per heavy atom. The molecule has 0 radical (unpaired) electrons. The van der Waals surface area contributed by atoms with E-state index in [1.54, 1.807) is 43.3 Å². The first-order valence-corrected chi connectivity index (χ1v) is 9.02. The van der Waals surface area contributed by atoms with Crippen LogP contribution in [0.1, 0.15) is 46.0 Å². The molecule has 6 nitrogen and oxygen atoms in total. The smallest absolute Gasteiger partial charge is 0.338 e. The number of benzene rings is 2. The number of carbonyl (C=O) groups excluding carboxylic acids is 3. The minimum Gasteiger partial charge on any atom is -0.452 e. The van der Waals surface area contributed by atoms with Gasteiger partial charge < -0.3 is 10.1 Å². The first-order chi connectivity index (χ1) is 13.4. The Hall–Kier alpha value is -3.46. The number of esters is 1. The van der Waals surface area contributed by atoms with Crippen LogP contribution < -0.4 is 5.32 Å². The summed E-state index contributed by atoms with van der Waals surface area (Å²) in [5, 5.41) is 11.9. The van der Waals surface area contributed by atoms with Crippen LogP contribution in [-0.4, -0.2) is 29.8 Å². The lowest BCUT2D eigenvalue weighted by Crippen LogP contribution is -2.48. The highest BCUT2D eigenvalue weighted by molar-refractivity contribution is 6.09. The van der Waals surface area contributed by atoms with Gasteiger partial charge in [0.25, 0.3) is 5.91 Å². The molecule has 142 valence electrons. The van der Waals surface area contributed by atoms with E-state index in [4.69, 9.17) is 4.74 Å². The summed E-state index contributed by atoms with van der Waals surface area (Å²) in [5.41, 5.74) is 0.325. The van der Waals surface area contributed by atoms with Crippen molar-refractivity contribution in [3.05, 3.63) is 71.3 Å². The molecule has 0 aromatic heterocycles. The third-order valence-corrected chi connectivity index (χ3v) is 4.78. The number of ether oxygens (including phenoxy) is 1. The highest BCUT2D eigenvalue weighted by Gasteiger charge is 2.43. The number of hydrogen-bond donors (Lipinski definition) is 1. The van der Waals surface area contributed by atoms with Gasteiger partial charge in [0.05, 0.1) is 11.6 Å². The molecule has 28 heavy (non-hydrogen) atoms. The van der Waals surface area contributed by atoms with Crippen LogP contribution in [0.15, 0.2) is 54.6 Å². The fourth-order valence-electron chi connectivity index (χ4n) is 2.94. The van der Waals surface area contributed by atoms with Gasteiger partial charge in [0.1, 0.15) is 5.54 Å². The van der Waals surface area contributed by atoms with Crippen molar-refractivity contribution in [3.8, 4) is 6.07 Å². The molecule has 0 heterocycles. The van der Waals surface area contributed by atoms with Crippen LogP contribution in [-0.2, 0) is 9.53 Å². The molecular weight excluding hydrogens is 356 g/mol. The molecule has 2 aromatic carbocycles. The van der Waals surface area contributed by atoms with E-state index in [2.05, 4.69) is 11.4 Å². The van der Waals surface area contributed by atoms with Crippen molar-refractivity contribution in [1.29, 1.82) is 5.26 Å². The Morgan fingerprint density at radius 3 is 2.18 bits per heavy atom. The van der Waals surface area contributed by atoms with Gasteiger partial charge in [-0.05, 0) is 37.8 Å². The summed E-state index contributed by atoms with van der Waals surface area (Å²) >= 11 is 0. The van der Waals surface area contributed by atoms with Gasteiger partial charge in [0, 0.05) is 11.1 Å². The maximum Gasteiger partial charge on any atom is 0.338 e. The van der Waals surface area contributed by atoms with Gasteiger partial charge in [-0.25, -0.2) is 4.79 Å². The predicted molar refractivity (Wildman–Crippen MR) is 101 cm³/mol. The second-order valence-corrected chi connectivity index (χ2v) is 6.99. The molecular formula is C22H20N2O4. The maximum atomic E-state index is 12.4. The molecule has 0 spiro atoms. The molecule has 1 aliphatic rings. The summed E-state index contributed by atoms with van der Waals surface area (Å²) in [6, 6.07) is 17.0. The van der Waals surface area contributed by atoms with E-state index < -0.39 is 24.0 Å². The van der Waals surface area contributed by atoms with Crippen molar-refractivity contribution in [1.82, 2.24) is 5.32 Å². The van der Waals surface area contributed by atoms with Crippen molar-refractivity contribution >= 4 is 17.7 Å². The minimum atomic E-state index is -0.928. The molecule has 0 bridgehead atoms. The van der Waals surface area contributed by atoms with Gasteiger partial charge in [-0.1, -0.05) is 42.5 Å². The number of amides is 1. The summed E-state index contributed by atoms with van der Waals surface area (Å²) in [6.45, 7) is 1.21. The van der Waals surface area contributed by atoms with E-state index in [9.17, 15) is 19.6 Å². The number of rotatable bonds is 7. The minimum absolute atomic E-state index is 0.143. The lowest BCUT2D eigenvalue weighted by molar-refractivity contribution is -0.125. The third kappa shape index (κ3) is 4.44. The van der Waals surface area contributed by atoms with E-state index in [1.807, 2.05) is 6.07 Å². The van der Waals surface area contributed by atoms with Gasteiger partial charge in [-0.2, -0.15) is 5.26 Å². The van der Waals surface area contributed by atoms with E-state index in [-0.39, 0.29) is 17.3 Å². The van der Waals surface area contributed by atoms with E-state index in [1.165, 1.54) is 12.1 Å². The lowest BCUT2D eigenvalue weighted by Gasteiger charge is -2.22. The fourth-order valence-corrected chi connectivity index (χ4v) is 2.94. The molecule has 3 rings (SSSR count). The largest absolute Gasteiger partial charge is 0.452 e. The molecule has 6 heteroatoms. The summed E-state index contributed by atoms with van der Waals surface area (Å²) < 4.78 is 5.02. The number of ketones is 1. The molecule has 1 saturated carbocycles. The van der Waals surface area contributed by atoms with E-state index in [0.29, 0.717) is 11.1 Å². The molecule has 0 aliphatic heterocycles. The number of nitriles is 1. The SMILES string of the molecule is C[C@](C#N)(NC(=O)COC(=O)c1ccc(C(=O)c2ccccc2)cc1)C1CC1.